The first kappa shape index (κ1) is 15.9. The minimum atomic E-state index is -0.311. The van der Waals surface area contributed by atoms with Crippen LogP contribution in [-0.4, -0.2) is 58.4 Å². The van der Waals surface area contributed by atoms with Gasteiger partial charge in [-0.3, -0.25) is 9.59 Å². The fraction of sp³-hybridized carbons (Fsp3) is 0.412. The molecule has 23 heavy (non-hydrogen) atoms. The summed E-state index contributed by atoms with van der Waals surface area (Å²) < 4.78 is 0. The van der Waals surface area contributed by atoms with E-state index in [9.17, 15) is 9.59 Å². The number of aromatic nitrogens is 1. The minimum Gasteiger partial charge on any atom is -0.361 e. The molecule has 6 heteroatoms. The van der Waals surface area contributed by atoms with Gasteiger partial charge in [0, 0.05) is 38.0 Å². The summed E-state index contributed by atoms with van der Waals surface area (Å²) in [5.41, 5.74) is 2.25. The summed E-state index contributed by atoms with van der Waals surface area (Å²) >= 11 is 1.64. The van der Waals surface area contributed by atoms with E-state index in [1.54, 1.807) is 35.7 Å². The van der Waals surface area contributed by atoms with Gasteiger partial charge in [-0.05, 0) is 35.6 Å². The van der Waals surface area contributed by atoms with Gasteiger partial charge in [0.2, 0.25) is 11.8 Å². The molecule has 5 nitrogen and oxygen atoms in total. The molecular weight excluding hydrogens is 310 g/mol. The van der Waals surface area contributed by atoms with Gasteiger partial charge in [-0.2, -0.15) is 0 Å². The summed E-state index contributed by atoms with van der Waals surface area (Å²) in [6.45, 7) is 0. The summed E-state index contributed by atoms with van der Waals surface area (Å²) in [4.78, 5) is 31.1. The highest BCUT2D eigenvalue weighted by atomic mass is 32.2. The highest BCUT2D eigenvalue weighted by molar-refractivity contribution is 7.99. The van der Waals surface area contributed by atoms with E-state index in [-0.39, 0.29) is 17.9 Å². The third-order valence-electron chi connectivity index (χ3n) is 4.17. The Labute approximate surface area is 140 Å². The Morgan fingerprint density at radius 3 is 2.96 bits per heavy atom. The first-order chi connectivity index (χ1) is 11.1. The van der Waals surface area contributed by atoms with Crippen molar-refractivity contribution >= 4 is 34.5 Å². The molecule has 1 aromatic carbocycles. The second-order valence-corrected chi connectivity index (χ2v) is 7.01. The number of benzene rings is 1. The van der Waals surface area contributed by atoms with Crippen LogP contribution < -0.4 is 0 Å². The maximum absolute atomic E-state index is 12.5. The van der Waals surface area contributed by atoms with Crippen molar-refractivity contribution in [2.24, 2.45) is 0 Å². The van der Waals surface area contributed by atoms with Crippen LogP contribution in [0.1, 0.15) is 12.0 Å². The van der Waals surface area contributed by atoms with Crippen molar-refractivity contribution in [2.45, 2.75) is 18.9 Å². The Balaban J connectivity index is 1.63. The molecule has 0 aliphatic carbocycles. The number of nitrogens with zero attached hydrogens (tertiary/aromatic N) is 2. The molecule has 3 rings (SSSR count). The maximum Gasteiger partial charge on any atom is 0.245 e. The highest BCUT2D eigenvalue weighted by Crippen LogP contribution is 2.23. The third-order valence-corrected chi connectivity index (χ3v) is 5.19. The van der Waals surface area contributed by atoms with E-state index in [2.05, 4.69) is 11.1 Å². The zero-order valence-electron chi connectivity index (χ0n) is 13.4. The van der Waals surface area contributed by atoms with E-state index in [0.29, 0.717) is 24.5 Å². The van der Waals surface area contributed by atoms with Crippen molar-refractivity contribution in [1.29, 1.82) is 0 Å². The highest BCUT2D eigenvalue weighted by Gasteiger charge is 2.34. The van der Waals surface area contributed by atoms with Gasteiger partial charge in [-0.1, -0.05) is 6.07 Å². The molecule has 1 saturated heterocycles. The van der Waals surface area contributed by atoms with Crippen LogP contribution >= 0.6 is 11.8 Å². The fourth-order valence-electron chi connectivity index (χ4n) is 2.84. The van der Waals surface area contributed by atoms with Gasteiger partial charge in [-0.25, -0.2) is 0 Å². The number of hydrogen-bond acceptors (Lipinski definition) is 3. The predicted octanol–water partition coefficient (Wildman–Crippen LogP) is 2.09. The molecule has 0 saturated carbocycles. The third kappa shape index (κ3) is 3.37. The van der Waals surface area contributed by atoms with E-state index in [1.807, 2.05) is 24.4 Å². The lowest BCUT2D eigenvalue weighted by Gasteiger charge is -2.25. The number of aryl methyl sites for hydroxylation is 1. The number of fused-ring (bicyclic) bond motifs is 1. The second-order valence-electron chi connectivity index (χ2n) is 6.01. The van der Waals surface area contributed by atoms with Gasteiger partial charge in [0.15, 0.2) is 0 Å². The maximum atomic E-state index is 12.5. The number of carbonyl (C=O) groups is 2. The molecular formula is C17H21N3O2S. The quantitative estimate of drug-likeness (QED) is 0.933. The normalized spacial score (nSPS) is 17.7. The number of H-pyrrole nitrogens is 1. The Kier molecular flexibility index (Phi) is 4.61. The molecule has 0 radical (unpaired) electrons. The molecule has 0 spiro atoms. The molecule has 2 amide bonds. The van der Waals surface area contributed by atoms with E-state index >= 15 is 0 Å². The predicted molar refractivity (Wildman–Crippen MR) is 93.3 cm³/mol. The summed E-state index contributed by atoms with van der Waals surface area (Å²) in [6, 6.07) is 7.92. The molecule has 122 valence electrons. The number of likely N-dealkylation sites (N-methyl/N-ethyl adjacent to an activating group) is 1. The number of amides is 2. The Bertz CT molecular complexity index is 725. The first-order valence-corrected chi connectivity index (χ1v) is 8.86. The average Bonchev–Trinajstić information content (AvgIpc) is 3.19. The zero-order valence-corrected chi connectivity index (χ0v) is 14.2. The second kappa shape index (κ2) is 6.66. The standard InChI is InChI=1S/C17H21N3O2S/c1-19(2)17(22)15-10-23-11-20(15)16(21)6-4-12-3-5-14-13(9-12)7-8-18-14/h3,5,7-9,15,18H,4,6,10-11H2,1-2H3/t15-/m1/s1. The van der Waals surface area contributed by atoms with Crippen molar-refractivity contribution < 1.29 is 9.59 Å². The molecule has 1 N–H and O–H groups in total. The van der Waals surface area contributed by atoms with Crippen LogP contribution in [0.25, 0.3) is 10.9 Å². The van der Waals surface area contributed by atoms with E-state index in [0.717, 1.165) is 16.5 Å². The molecule has 1 aliphatic rings. The van der Waals surface area contributed by atoms with Crippen LogP contribution in [0.15, 0.2) is 30.5 Å². The topological polar surface area (TPSA) is 56.4 Å². The monoisotopic (exact) mass is 331 g/mol. The average molecular weight is 331 g/mol. The largest absolute Gasteiger partial charge is 0.361 e. The molecule has 2 aromatic rings. The number of aromatic amines is 1. The Morgan fingerprint density at radius 1 is 1.35 bits per heavy atom. The number of hydrogen-bond donors (Lipinski definition) is 1. The molecule has 1 fully saturated rings. The fourth-order valence-corrected chi connectivity index (χ4v) is 4.02. The lowest BCUT2D eigenvalue weighted by atomic mass is 10.1. The molecule has 2 heterocycles. The molecule has 1 aromatic heterocycles. The van der Waals surface area contributed by atoms with Crippen LogP contribution in [0.2, 0.25) is 0 Å². The van der Waals surface area contributed by atoms with Crippen LogP contribution in [0, 0.1) is 0 Å². The number of carbonyl (C=O) groups excluding carboxylic acids is 2. The zero-order chi connectivity index (χ0) is 16.4. The summed E-state index contributed by atoms with van der Waals surface area (Å²) in [6.07, 6.45) is 3.05. The number of rotatable bonds is 4. The molecule has 0 bridgehead atoms. The SMILES string of the molecule is CN(C)C(=O)[C@H]1CSCN1C(=O)CCc1ccc2[nH]ccc2c1. The number of nitrogens with one attached hydrogen (secondary N) is 1. The van der Waals surface area contributed by atoms with Gasteiger partial charge >= 0.3 is 0 Å². The Morgan fingerprint density at radius 2 is 2.17 bits per heavy atom. The van der Waals surface area contributed by atoms with Gasteiger partial charge in [-0.15, -0.1) is 11.8 Å². The molecule has 1 aliphatic heterocycles. The van der Waals surface area contributed by atoms with Crippen LogP contribution in [0.5, 0.6) is 0 Å². The smallest absolute Gasteiger partial charge is 0.245 e. The van der Waals surface area contributed by atoms with E-state index < -0.39 is 0 Å². The lowest BCUT2D eigenvalue weighted by molar-refractivity contribution is -0.141. The van der Waals surface area contributed by atoms with Crippen molar-refractivity contribution in [3.05, 3.63) is 36.0 Å². The van der Waals surface area contributed by atoms with Crippen molar-refractivity contribution in [2.75, 3.05) is 25.7 Å². The van der Waals surface area contributed by atoms with E-state index in [1.165, 1.54) is 0 Å². The van der Waals surface area contributed by atoms with Gasteiger partial charge in [0.1, 0.15) is 6.04 Å². The van der Waals surface area contributed by atoms with Crippen molar-refractivity contribution in [3.8, 4) is 0 Å². The van der Waals surface area contributed by atoms with Crippen LogP contribution in [-0.2, 0) is 16.0 Å². The van der Waals surface area contributed by atoms with Crippen LogP contribution in [0.4, 0.5) is 0 Å². The van der Waals surface area contributed by atoms with Crippen molar-refractivity contribution in [1.82, 2.24) is 14.8 Å². The van der Waals surface area contributed by atoms with Gasteiger partial charge < -0.3 is 14.8 Å². The van der Waals surface area contributed by atoms with Gasteiger partial charge in [0.25, 0.3) is 0 Å². The summed E-state index contributed by atoms with van der Waals surface area (Å²) in [7, 11) is 3.47. The summed E-state index contributed by atoms with van der Waals surface area (Å²) in [5.74, 6) is 1.37. The van der Waals surface area contributed by atoms with Crippen molar-refractivity contribution in [3.63, 3.8) is 0 Å². The van der Waals surface area contributed by atoms with Crippen LogP contribution in [0.3, 0.4) is 0 Å². The molecule has 1 atom stereocenters. The minimum absolute atomic E-state index is 0.0112. The lowest BCUT2D eigenvalue weighted by Crippen LogP contribution is -2.46. The summed E-state index contributed by atoms with van der Waals surface area (Å²) in [5, 5.41) is 1.16. The van der Waals surface area contributed by atoms with Gasteiger partial charge in [0.05, 0.1) is 5.88 Å². The Hall–Kier alpha value is -1.95. The number of thioether (sulfide) groups is 1. The molecule has 0 unspecified atom stereocenters. The van der Waals surface area contributed by atoms with E-state index in [4.69, 9.17) is 0 Å². The first-order valence-electron chi connectivity index (χ1n) is 7.70.